The number of thioether (sulfide) groups is 1. The standard InChI is InChI=1S/C12H15NS/c1-13-11-7-14-12-6-9-4-2-3-8(9)5-10(11)12/h5-6,11,13H,2-4,7H2,1H3. The van der Waals surface area contributed by atoms with Crippen LogP contribution in [0.25, 0.3) is 0 Å². The van der Waals surface area contributed by atoms with Crippen LogP contribution in [0.4, 0.5) is 0 Å². The van der Waals surface area contributed by atoms with E-state index in [0.717, 1.165) is 0 Å². The lowest BCUT2D eigenvalue weighted by molar-refractivity contribution is 0.663. The average molecular weight is 205 g/mol. The smallest absolute Gasteiger partial charge is 0.0424 e. The number of benzene rings is 1. The summed E-state index contributed by atoms with van der Waals surface area (Å²) >= 11 is 2.00. The summed E-state index contributed by atoms with van der Waals surface area (Å²) in [4.78, 5) is 1.52. The first-order chi connectivity index (χ1) is 6.88. The van der Waals surface area contributed by atoms with Crippen LogP contribution in [0.1, 0.15) is 29.2 Å². The van der Waals surface area contributed by atoms with Crippen molar-refractivity contribution < 1.29 is 0 Å². The summed E-state index contributed by atoms with van der Waals surface area (Å²) in [5.41, 5.74) is 4.75. The predicted molar refractivity (Wildman–Crippen MR) is 61.0 cm³/mol. The maximum Gasteiger partial charge on any atom is 0.0424 e. The SMILES string of the molecule is CNC1CSc2cc3c(cc21)CCC3. The van der Waals surface area contributed by atoms with Crippen molar-refractivity contribution in [2.45, 2.75) is 30.2 Å². The number of hydrogen-bond acceptors (Lipinski definition) is 2. The van der Waals surface area contributed by atoms with Gasteiger partial charge in [0.25, 0.3) is 0 Å². The molecule has 1 atom stereocenters. The summed E-state index contributed by atoms with van der Waals surface area (Å²) in [6.07, 6.45) is 3.95. The molecule has 3 rings (SSSR count). The van der Waals surface area contributed by atoms with Gasteiger partial charge in [-0.3, -0.25) is 0 Å². The first kappa shape index (κ1) is 8.81. The Bertz CT molecular complexity index is 373. The fourth-order valence-corrected chi connectivity index (χ4v) is 3.81. The number of nitrogens with one attached hydrogen (secondary N) is 1. The summed E-state index contributed by atoms with van der Waals surface area (Å²) in [7, 11) is 2.06. The molecule has 1 aliphatic carbocycles. The molecule has 0 saturated heterocycles. The van der Waals surface area contributed by atoms with Crippen LogP contribution in [0, 0.1) is 0 Å². The molecule has 0 spiro atoms. The van der Waals surface area contributed by atoms with Crippen molar-refractivity contribution in [3.8, 4) is 0 Å². The molecule has 0 radical (unpaired) electrons. The molecule has 1 N–H and O–H groups in total. The van der Waals surface area contributed by atoms with Crippen LogP contribution < -0.4 is 5.32 Å². The fraction of sp³-hybridized carbons (Fsp3) is 0.500. The zero-order valence-electron chi connectivity index (χ0n) is 8.47. The van der Waals surface area contributed by atoms with Gasteiger partial charge in [-0.05, 0) is 49.1 Å². The Balaban J connectivity index is 2.09. The lowest BCUT2D eigenvalue weighted by atomic mass is 10.0. The van der Waals surface area contributed by atoms with Gasteiger partial charge in [0.05, 0.1) is 0 Å². The minimum Gasteiger partial charge on any atom is -0.312 e. The predicted octanol–water partition coefficient (Wildman–Crippen LogP) is 2.54. The Kier molecular flexibility index (Phi) is 2.06. The van der Waals surface area contributed by atoms with E-state index in [9.17, 15) is 0 Å². The highest BCUT2D eigenvalue weighted by molar-refractivity contribution is 7.99. The number of aryl methyl sites for hydroxylation is 2. The first-order valence-corrected chi connectivity index (χ1v) is 6.33. The monoisotopic (exact) mass is 205 g/mol. The molecule has 1 aromatic rings. The van der Waals surface area contributed by atoms with Crippen molar-refractivity contribution in [2.24, 2.45) is 0 Å². The Morgan fingerprint density at radius 3 is 2.86 bits per heavy atom. The van der Waals surface area contributed by atoms with Gasteiger partial charge in [0.1, 0.15) is 0 Å². The molecule has 1 nitrogen and oxygen atoms in total. The number of fused-ring (bicyclic) bond motifs is 2. The maximum atomic E-state index is 3.39. The van der Waals surface area contributed by atoms with Gasteiger partial charge in [0.2, 0.25) is 0 Å². The minimum absolute atomic E-state index is 0.584. The summed E-state index contributed by atoms with van der Waals surface area (Å²) in [5, 5.41) is 3.39. The van der Waals surface area contributed by atoms with E-state index in [1.165, 1.54) is 35.5 Å². The molecule has 0 aromatic heterocycles. The molecule has 2 aliphatic rings. The van der Waals surface area contributed by atoms with Crippen LogP contribution >= 0.6 is 11.8 Å². The van der Waals surface area contributed by atoms with Gasteiger partial charge in [-0.15, -0.1) is 11.8 Å². The highest BCUT2D eigenvalue weighted by Gasteiger charge is 2.24. The van der Waals surface area contributed by atoms with Crippen molar-refractivity contribution >= 4 is 11.8 Å². The zero-order chi connectivity index (χ0) is 9.54. The Morgan fingerprint density at radius 1 is 1.29 bits per heavy atom. The van der Waals surface area contributed by atoms with Gasteiger partial charge < -0.3 is 5.32 Å². The summed E-state index contributed by atoms with van der Waals surface area (Å²) in [5.74, 6) is 1.20. The van der Waals surface area contributed by atoms with Crippen LogP contribution in [0.2, 0.25) is 0 Å². The highest BCUT2D eigenvalue weighted by Crippen LogP contribution is 2.41. The van der Waals surface area contributed by atoms with Gasteiger partial charge in [0, 0.05) is 16.7 Å². The summed E-state index contributed by atoms with van der Waals surface area (Å²) in [6.45, 7) is 0. The summed E-state index contributed by atoms with van der Waals surface area (Å²) in [6, 6.07) is 5.46. The molecule has 0 bridgehead atoms. The third-order valence-corrected chi connectivity index (χ3v) is 4.52. The van der Waals surface area contributed by atoms with Crippen LogP contribution in [0.3, 0.4) is 0 Å². The molecule has 14 heavy (non-hydrogen) atoms. The second-order valence-corrected chi connectivity index (χ2v) is 5.23. The lowest BCUT2D eigenvalue weighted by Crippen LogP contribution is -2.15. The molecule has 1 unspecified atom stereocenters. The molecule has 0 amide bonds. The Labute approximate surface area is 89.3 Å². The van der Waals surface area contributed by atoms with Crippen molar-refractivity contribution in [1.82, 2.24) is 5.32 Å². The van der Waals surface area contributed by atoms with E-state index in [4.69, 9.17) is 0 Å². The third kappa shape index (κ3) is 1.21. The molecule has 0 saturated carbocycles. The maximum absolute atomic E-state index is 3.39. The second kappa shape index (κ2) is 3.28. The van der Waals surface area contributed by atoms with Gasteiger partial charge in [-0.25, -0.2) is 0 Å². The van der Waals surface area contributed by atoms with Crippen LogP contribution in [-0.4, -0.2) is 12.8 Å². The van der Waals surface area contributed by atoms with Gasteiger partial charge in [0.15, 0.2) is 0 Å². The molecule has 74 valence electrons. The van der Waals surface area contributed by atoms with E-state index >= 15 is 0 Å². The van der Waals surface area contributed by atoms with Crippen LogP contribution in [0.5, 0.6) is 0 Å². The van der Waals surface area contributed by atoms with E-state index in [2.05, 4.69) is 24.5 Å². The second-order valence-electron chi connectivity index (χ2n) is 4.16. The molecule has 1 aromatic carbocycles. The van der Waals surface area contributed by atoms with Crippen molar-refractivity contribution in [1.29, 1.82) is 0 Å². The van der Waals surface area contributed by atoms with E-state index in [0.29, 0.717) is 6.04 Å². The largest absolute Gasteiger partial charge is 0.312 e. The van der Waals surface area contributed by atoms with Crippen LogP contribution in [0.15, 0.2) is 17.0 Å². The molecule has 1 aliphatic heterocycles. The van der Waals surface area contributed by atoms with Crippen LogP contribution in [-0.2, 0) is 12.8 Å². The molecule has 2 heteroatoms. The van der Waals surface area contributed by atoms with Gasteiger partial charge >= 0.3 is 0 Å². The van der Waals surface area contributed by atoms with Crippen molar-refractivity contribution in [3.05, 3.63) is 28.8 Å². The van der Waals surface area contributed by atoms with E-state index < -0.39 is 0 Å². The molecular weight excluding hydrogens is 190 g/mol. The molecule has 0 fully saturated rings. The van der Waals surface area contributed by atoms with E-state index in [-0.39, 0.29) is 0 Å². The normalized spacial score (nSPS) is 23.6. The Hall–Kier alpha value is -0.470. The average Bonchev–Trinajstić information content (AvgIpc) is 2.78. The molecular formula is C12H15NS. The highest BCUT2D eigenvalue weighted by atomic mass is 32.2. The summed E-state index contributed by atoms with van der Waals surface area (Å²) < 4.78 is 0. The Morgan fingerprint density at radius 2 is 2.07 bits per heavy atom. The van der Waals surface area contributed by atoms with Crippen molar-refractivity contribution in [2.75, 3.05) is 12.8 Å². The van der Waals surface area contributed by atoms with Gasteiger partial charge in [-0.1, -0.05) is 6.07 Å². The number of rotatable bonds is 1. The number of hydrogen-bond donors (Lipinski definition) is 1. The van der Waals surface area contributed by atoms with Gasteiger partial charge in [-0.2, -0.15) is 0 Å². The minimum atomic E-state index is 0.584. The zero-order valence-corrected chi connectivity index (χ0v) is 9.29. The van der Waals surface area contributed by atoms with Crippen molar-refractivity contribution in [3.63, 3.8) is 0 Å². The topological polar surface area (TPSA) is 12.0 Å². The van der Waals surface area contributed by atoms with E-state index in [1.807, 2.05) is 11.8 Å². The molecule has 1 heterocycles. The van der Waals surface area contributed by atoms with E-state index in [1.54, 1.807) is 11.1 Å². The quantitative estimate of drug-likeness (QED) is 0.756. The lowest BCUT2D eigenvalue weighted by Gasteiger charge is -2.10. The first-order valence-electron chi connectivity index (χ1n) is 5.34. The fourth-order valence-electron chi connectivity index (χ4n) is 2.52. The third-order valence-electron chi connectivity index (χ3n) is 3.35.